The highest BCUT2D eigenvalue weighted by Gasteiger charge is 2.29. The Labute approximate surface area is 143 Å². The molecule has 0 atom stereocenters. The summed E-state index contributed by atoms with van der Waals surface area (Å²) >= 11 is 4.63. The van der Waals surface area contributed by atoms with Crippen LogP contribution in [0.25, 0.3) is 0 Å². The van der Waals surface area contributed by atoms with Gasteiger partial charge in [-0.25, -0.2) is 4.98 Å². The maximum absolute atomic E-state index is 12.5. The van der Waals surface area contributed by atoms with Crippen molar-refractivity contribution in [2.75, 3.05) is 14.2 Å². The summed E-state index contributed by atoms with van der Waals surface area (Å²) in [5, 5.41) is 0. The smallest absolute Gasteiger partial charge is 0.416 e. The highest BCUT2D eigenvalue weighted by Crippen LogP contribution is 2.33. The highest BCUT2D eigenvalue weighted by molar-refractivity contribution is 9.10. The van der Waals surface area contributed by atoms with Gasteiger partial charge in [-0.15, -0.1) is 11.8 Å². The number of rotatable bonds is 5. The standard InChI is InChI=1S/C14H12BrF3N2O2S/c1-21-12-13(22-2)20-11(15)10(19-12)7-23-9-5-3-8(4-6-9)14(16,17)18/h3-6H,7H2,1-2H3. The van der Waals surface area contributed by atoms with Gasteiger partial charge in [0.15, 0.2) is 0 Å². The number of hydrogen-bond acceptors (Lipinski definition) is 5. The number of benzene rings is 1. The van der Waals surface area contributed by atoms with Crippen LogP contribution >= 0.6 is 27.7 Å². The molecule has 2 rings (SSSR count). The summed E-state index contributed by atoms with van der Waals surface area (Å²) in [5.41, 5.74) is -0.0681. The van der Waals surface area contributed by atoms with Gasteiger partial charge in [0, 0.05) is 10.6 Å². The maximum atomic E-state index is 12.5. The zero-order chi connectivity index (χ0) is 17.0. The lowest BCUT2D eigenvalue weighted by molar-refractivity contribution is -0.137. The van der Waals surface area contributed by atoms with Crippen LogP contribution in [0.3, 0.4) is 0 Å². The molecule has 0 fully saturated rings. The van der Waals surface area contributed by atoms with Crippen molar-refractivity contribution < 1.29 is 22.6 Å². The Bertz CT molecular complexity index is 681. The van der Waals surface area contributed by atoms with E-state index in [9.17, 15) is 13.2 Å². The zero-order valence-corrected chi connectivity index (χ0v) is 14.6. The third-order valence-electron chi connectivity index (χ3n) is 2.80. The molecule has 0 N–H and O–H groups in total. The molecule has 23 heavy (non-hydrogen) atoms. The third kappa shape index (κ3) is 4.51. The van der Waals surface area contributed by atoms with Crippen molar-refractivity contribution in [1.82, 2.24) is 9.97 Å². The summed E-state index contributed by atoms with van der Waals surface area (Å²) in [6.45, 7) is 0. The van der Waals surface area contributed by atoms with Gasteiger partial charge in [0.1, 0.15) is 4.60 Å². The molecule has 0 amide bonds. The summed E-state index contributed by atoms with van der Waals surface area (Å²) in [6, 6.07) is 4.96. The van der Waals surface area contributed by atoms with E-state index in [2.05, 4.69) is 25.9 Å². The predicted octanol–water partition coefficient (Wildman–Crippen LogP) is 4.57. The monoisotopic (exact) mass is 408 g/mol. The van der Waals surface area contributed by atoms with Crippen LogP contribution in [0.5, 0.6) is 11.8 Å². The molecule has 0 bridgehead atoms. The van der Waals surface area contributed by atoms with Crippen LogP contribution in [0, 0.1) is 0 Å². The van der Waals surface area contributed by atoms with E-state index < -0.39 is 11.7 Å². The Kier molecular flexibility index (Phi) is 5.74. The van der Waals surface area contributed by atoms with Gasteiger partial charge in [0.05, 0.1) is 25.5 Å². The molecule has 9 heteroatoms. The minimum absolute atomic E-state index is 0.249. The molecule has 1 heterocycles. The van der Waals surface area contributed by atoms with E-state index >= 15 is 0 Å². The van der Waals surface area contributed by atoms with E-state index in [0.29, 0.717) is 20.9 Å². The molecule has 0 aliphatic carbocycles. The minimum Gasteiger partial charge on any atom is -0.477 e. The van der Waals surface area contributed by atoms with Gasteiger partial charge in [-0.3, -0.25) is 0 Å². The molecule has 0 saturated carbocycles. The van der Waals surface area contributed by atoms with Crippen LogP contribution in [0.4, 0.5) is 13.2 Å². The summed E-state index contributed by atoms with van der Waals surface area (Å²) in [5.74, 6) is 0.917. The number of methoxy groups -OCH3 is 2. The van der Waals surface area contributed by atoms with E-state index in [1.807, 2.05) is 0 Å². The molecule has 1 aromatic carbocycles. The Morgan fingerprint density at radius 3 is 2.13 bits per heavy atom. The van der Waals surface area contributed by atoms with Crippen LogP contribution < -0.4 is 9.47 Å². The minimum atomic E-state index is -4.33. The molecule has 0 radical (unpaired) electrons. The summed E-state index contributed by atoms with van der Waals surface area (Å²) in [7, 11) is 2.91. The topological polar surface area (TPSA) is 44.2 Å². The molecule has 0 saturated heterocycles. The van der Waals surface area contributed by atoms with Crippen LogP contribution in [-0.4, -0.2) is 24.2 Å². The van der Waals surface area contributed by atoms with Crippen molar-refractivity contribution in [3.63, 3.8) is 0 Å². The van der Waals surface area contributed by atoms with Gasteiger partial charge < -0.3 is 9.47 Å². The molecule has 124 valence electrons. The number of nitrogens with zero attached hydrogens (tertiary/aromatic N) is 2. The summed E-state index contributed by atoms with van der Waals surface area (Å²) < 4.78 is 48.2. The number of thioether (sulfide) groups is 1. The summed E-state index contributed by atoms with van der Waals surface area (Å²) in [6.07, 6.45) is -4.33. The lowest BCUT2D eigenvalue weighted by Gasteiger charge is -2.10. The van der Waals surface area contributed by atoms with E-state index in [1.54, 1.807) is 0 Å². The fourth-order valence-corrected chi connectivity index (χ4v) is 3.08. The molecular weight excluding hydrogens is 397 g/mol. The van der Waals surface area contributed by atoms with Crippen LogP contribution in [0.15, 0.2) is 33.8 Å². The largest absolute Gasteiger partial charge is 0.477 e. The molecule has 2 aromatic rings. The van der Waals surface area contributed by atoms with Gasteiger partial charge in [-0.1, -0.05) is 0 Å². The van der Waals surface area contributed by atoms with Gasteiger partial charge >= 0.3 is 6.18 Å². The van der Waals surface area contributed by atoms with Crippen molar-refractivity contribution in [3.8, 4) is 11.8 Å². The Balaban J connectivity index is 2.12. The molecular formula is C14H12BrF3N2O2S. The normalized spacial score (nSPS) is 11.4. The molecule has 4 nitrogen and oxygen atoms in total. The number of halogens is 4. The lowest BCUT2D eigenvalue weighted by atomic mass is 10.2. The molecule has 1 aromatic heterocycles. The SMILES string of the molecule is COc1nc(Br)c(CSc2ccc(C(F)(F)F)cc2)nc1OC. The first-order valence-corrected chi connectivity index (χ1v) is 8.07. The first-order valence-electron chi connectivity index (χ1n) is 6.29. The van der Waals surface area contributed by atoms with Gasteiger partial charge in [0.25, 0.3) is 11.8 Å². The summed E-state index contributed by atoms with van der Waals surface area (Å²) in [4.78, 5) is 9.14. The fraction of sp³-hybridized carbons (Fsp3) is 0.286. The first kappa shape index (κ1) is 17.9. The highest BCUT2D eigenvalue weighted by atomic mass is 79.9. The predicted molar refractivity (Wildman–Crippen MR) is 83.8 cm³/mol. The number of ether oxygens (including phenoxy) is 2. The van der Waals surface area contributed by atoms with E-state index in [0.717, 1.165) is 12.1 Å². The van der Waals surface area contributed by atoms with Gasteiger partial charge in [-0.05, 0) is 40.2 Å². The molecule has 0 aliphatic rings. The molecule has 0 aliphatic heterocycles. The Morgan fingerprint density at radius 1 is 1.04 bits per heavy atom. The van der Waals surface area contributed by atoms with E-state index in [-0.39, 0.29) is 11.8 Å². The number of aromatic nitrogens is 2. The van der Waals surface area contributed by atoms with E-state index in [1.165, 1.54) is 38.1 Å². The van der Waals surface area contributed by atoms with Gasteiger partial charge in [0.2, 0.25) is 0 Å². The lowest BCUT2D eigenvalue weighted by Crippen LogP contribution is -2.04. The second-order valence-electron chi connectivity index (χ2n) is 4.29. The second kappa shape index (κ2) is 7.39. The fourth-order valence-electron chi connectivity index (χ4n) is 1.67. The van der Waals surface area contributed by atoms with Crippen molar-refractivity contribution in [2.45, 2.75) is 16.8 Å². The van der Waals surface area contributed by atoms with E-state index in [4.69, 9.17) is 9.47 Å². The molecule has 0 spiro atoms. The van der Waals surface area contributed by atoms with Crippen molar-refractivity contribution in [1.29, 1.82) is 0 Å². The maximum Gasteiger partial charge on any atom is 0.416 e. The Morgan fingerprint density at radius 2 is 1.61 bits per heavy atom. The van der Waals surface area contributed by atoms with Crippen molar-refractivity contribution in [2.24, 2.45) is 0 Å². The zero-order valence-electron chi connectivity index (χ0n) is 12.1. The average Bonchev–Trinajstić information content (AvgIpc) is 2.53. The van der Waals surface area contributed by atoms with Crippen LogP contribution in [-0.2, 0) is 11.9 Å². The van der Waals surface area contributed by atoms with Crippen molar-refractivity contribution in [3.05, 3.63) is 40.1 Å². The van der Waals surface area contributed by atoms with Gasteiger partial charge in [-0.2, -0.15) is 18.2 Å². The first-order chi connectivity index (χ1) is 10.8. The molecule has 0 unspecified atom stereocenters. The van der Waals surface area contributed by atoms with Crippen molar-refractivity contribution >= 4 is 27.7 Å². The number of hydrogen-bond donors (Lipinski definition) is 0. The quantitative estimate of drug-likeness (QED) is 0.678. The third-order valence-corrected chi connectivity index (χ3v) is 4.46. The second-order valence-corrected chi connectivity index (χ2v) is 6.09. The van der Waals surface area contributed by atoms with Crippen LogP contribution in [0.2, 0.25) is 0 Å². The average molecular weight is 409 g/mol. The Hall–Kier alpha value is -1.48. The number of alkyl halides is 3. The van der Waals surface area contributed by atoms with Crippen LogP contribution in [0.1, 0.15) is 11.3 Å².